The Morgan fingerprint density at radius 1 is 1.47 bits per heavy atom. The second-order valence-corrected chi connectivity index (χ2v) is 5.45. The number of nitrogens with zero attached hydrogens (tertiary/aromatic N) is 1. The molecule has 0 aliphatic carbocycles. The van der Waals surface area contributed by atoms with Crippen molar-refractivity contribution in [3.05, 3.63) is 29.3 Å². The summed E-state index contributed by atoms with van der Waals surface area (Å²) in [4.78, 5) is 14.7. The number of ether oxygens (including phenoxy) is 1. The Bertz CT molecular complexity index is 544. The number of hydrogen-bond donors (Lipinski definition) is 1. The van der Waals surface area contributed by atoms with E-state index in [0.29, 0.717) is 17.2 Å². The summed E-state index contributed by atoms with van der Waals surface area (Å²) in [5.74, 6) is 0.911. The van der Waals surface area contributed by atoms with Crippen LogP contribution >= 0.6 is 12.2 Å². The predicted molar refractivity (Wildman–Crippen MR) is 76.5 cm³/mol. The van der Waals surface area contributed by atoms with E-state index in [1.165, 1.54) is 0 Å². The van der Waals surface area contributed by atoms with Crippen molar-refractivity contribution in [2.75, 3.05) is 13.2 Å². The maximum absolute atomic E-state index is 12.5. The number of fused-ring (bicyclic) bond motifs is 1. The minimum absolute atomic E-state index is 0.0185. The van der Waals surface area contributed by atoms with Crippen molar-refractivity contribution in [3.8, 4) is 5.75 Å². The van der Waals surface area contributed by atoms with Gasteiger partial charge in [-0.05, 0) is 36.6 Å². The number of rotatable bonds is 2. The number of likely N-dealkylation sites (tertiary alicyclic amines) is 1. The number of hydrogen-bond acceptors (Lipinski definition) is 3. The molecule has 1 fully saturated rings. The van der Waals surface area contributed by atoms with Crippen LogP contribution in [0.3, 0.4) is 0 Å². The van der Waals surface area contributed by atoms with Crippen LogP contribution in [-0.4, -0.2) is 35.0 Å². The molecule has 2 aliphatic heterocycles. The number of benzene rings is 1. The first kappa shape index (κ1) is 12.4. The highest BCUT2D eigenvalue weighted by molar-refractivity contribution is 7.80. The zero-order valence-corrected chi connectivity index (χ0v) is 11.4. The van der Waals surface area contributed by atoms with Crippen LogP contribution in [0.1, 0.15) is 28.8 Å². The Kier molecular flexibility index (Phi) is 3.14. The van der Waals surface area contributed by atoms with Gasteiger partial charge in [-0.25, -0.2) is 0 Å². The molecular formula is C14H16N2O2S. The molecule has 1 saturated heterocycles. The van der Waals surface area contributed by atoms with Gasteiger partial charge in [0.1, 0.15) is 5.75 Å². The molecular weight excluding hydrogens is 260 g/mol. The van der Waals surface area contributed by atoms with Gasteiger partial charge in [0, 0.05) is 18.5 Å². The van der Waals surface area contributed by atoms with Gasteiger partial charge in [-0.3, -0.25) is 4.79 Å². The van der Waals surface area contributed by atoms with Gasteiger partial charge in [0.25, 0.3) is 5.91 Å². The topological polar surface area (TPSA) is 55.6 Å². The highest BCUT2D eigenvalue weighted by Crippen LogP contribution is 2.27. The Morgan fingerprint density at radius 3 is 3.11 bits per heavy atom. The van der Waals surface area contributed by atoms with Crippen molar-refractivity contribution in [2.24, 2.45) is 5.73 Å². The maximum atomic E-state index is 12.5. The van der Waals surface area contributed by atoms with Crippen molar-refractivity contribution in [3.63, 3.8) is 0 Å². The third-order valence-corrected chi connectivity index (χ3v) is 4.05. The molecule has 1 atom stereocenters. The number of carbonyl (C=O) groups is 1. The first-order valence-electron chi connectivity index (χ1n) is 6.53. The molecule has 0 spiro atoms. The molecule has 0 radical (unpaired) electrons. The molecule has 100 valence electrons. The smallest absolute Gasteiger partial charge is 0.254 e. The van der Waals surface area contributed by atoms with E-state index in [1.807, 2.05) is 18.2 Å². The lowest BCUT2D eigenvalue weighted by Gasteiger charge is -2.23. The molecule has 2 N–H and O–H groups in total. The van der Waals surface area contributed by atoms with E-state index in [0.717, 1.165) is 37.1 Å². The van der Waals surface area contributed by atoms with E-state index < -0.39 is 0 Å². The third kappa shape index (κ3) is 2.18. The van der Waals surface area contributed by atoms with E-state index in [1.54, 1.807) is 4.90 Å². The first-order valence-corrected chi connectivity index (χ1v) is 6.93. The minimum atomic E-state index is -0.0907. The molecule has 19 heavy (non-hydrogen) atoms. The van der Waals surface area contributed by atoms with Crippen LogP contribution in [0.25, 0.3) is 0 Å². The summed E-state index contributed by atoms with van der Waals surface area (Å²) >= 11 is 5.04. The molecule has 1 aromatic rings. The third-order valence-electron chi connectivity index (χ3n) is 3.78. The molecule has 5 heteroatoms. The number of nitrogens with two attached hydrogens (primary N) is 1. The monoisotopic (exact) mass is 276 g/mol. The summed E-state index contributed by atoms with van der Waals surface area (Å²) in [5, 5.41) is 0. The quantitative estimate of drug-likeness (QED) is 0.832. The molecule has 1 aromatic carbocycles. The zero-order chi connectivity index (χ0) is 13.4. The Morgan fingerprint density at radius 2 is 2.32 bits per heavy atom. The first-order chi connectivity index (χ1) is 9.16. The van der Waals surface area contributed by atoms with Crippen molar-refractivity contribution < 1.29 is 9.53 Å². The average molecular weight is 276 g/mol. The van der Waals surface area contributed by atoms with Crippen molar-refractivity contribution in [1.82, 2.24) is 4.90 Å². The highest BCUT2D eigenvalue weighted by atomic mass is 32.1. The molecule has 2 aliphatic rings. The number of amides is 1. The average Bonchev–Trinajstić information content (AvgIpc) is 3.05. The lowest BCUT2D eigenvalue weighted by molar-refractivity contribution is 0.0770. The fraction of sp³-hybridized carbons (Fsp3) is 0.429. The second-order valence-electron chi connectivity index (χ2n) is 4.98. The van der Waals surface area contributed by atoms with E-state index in [-0.39, 0.29) is 11.9 Å². The minimum Gasteiger partial charge on any atom is -0.493 e. The molecule has 1 unspecified atom stereocenters. The van der Waals surface area contributed by atoms with Gasteiger partial charge in [0.15, 0.2) is 0 Å². The Balaban J connectivity index is 1.85. The van der Waals surface area contributed by atoms with Crippen LogP contribution < -0.4 is 10.5 Å². The number of thiocarbonyl (C=S) groups is 1. The van der Waals surface area contributed by atoms with Crippen LogP contribution in [0.5, 0.6) is 5.75 Å². The van der Waals surface area contributed by atoms with Crippen LogP contribution in [0.2, 0.25) is 0 Å². The van der Waals surface area contributed by atoms with Crippen LogP contribution in [-0.2, 0) is 6.42 Å². The van der Waals surface area contributed by atoms with Gasteiger partial charge in [0.2, 0.25) is 0 Å². The second kappa shape index (κ2) is 4.81. The predicted octanol–water partition coefficient (Wildman–Crippen LogP) is 1.51. The van der Waals surface area contributed by atoms with Crippen LogP contribution in [0, 0.1) is 0 Å². The summed E-state index contributed by atoms with van der Waals surface area (Å²) < 4.78 is 5.45. The maximum Gasteiger partial charge on any atom is 0.254 e. The van der Waals surface area contributed by atoms with Gasteiger partial charge in [-0.2, -0.15) is 0 Å². The van der Waals surface area contributed by atoms with Crippen molar-refractivity contribution >= 4 is 23.1 Å². The zero-order valence-electron chi connectivity index (χ0n) is 10.6. The highest BCUT2D eigenvalue weighted by Gasteiger charge is 2.31. The van der Waals surface area contributed by atoms with E-state index >= 15 is 0 Å². The summed E-state index contributed by atoms with van der Waals surface area (Å²) in [6, 6.07) is 5.54. The lowest BCUT2D eigenvalue weighted by Crippen LogP contribution is -2.42. The van der Waals surface area contributed by atoms with Gasteiger partial charge in [-0.1, -0.05) is 12.2 Å². The fourth-order valence-corrected chi connectivity index (χ4v) is 3.04. The van der Waals surface area contributed by atoms with Crippen molar-refractivity contribution in [1.29, 1.82) is 0 Å². The lowest BCUT2D eigenvalue weighted by atomic mass is 10.1. The standard InChI is InChI=1S/C14H16N2O2S/c15-13(19)11-2-1-6-16(11)14(17)10-3-4-12-9(8-10)5-7-18-12/h3-4,8,11H,1-2,5-7H2,(H2,15,19). The molecule has 0 bridgehead atoms. The SMILES string of the molecule is NC(=S)C1CCCN1C(=O)c1ccc2c(c1)CCO2. The fourth-order valence-electron chi connectivity index (χ4n) is 2.79. The largest absolute Gasteiger partial charge is 0.493 e. The van der Waals surface area contributed by atoms with Crippen LogP contribution in [0.15, 0.2) is 18.2 Å². The Labute approximate surface area is 117 Å². The molecule has 3 rings (SSSR count). The van der Waals surface area contributed by atoms with Gasteiger partial charge in [-0.15, -0.1) is 0 Å². The normalized spacial score (nSPS) is 21.1. The molecule has 0 saturated carbocycles. The summed E-state index contributed by atoms with van der Waals surface area (Å²) in [5.41, 5.74) is 7.52. The molecule has 1 amide bonds. The number of carbonyl (C=O) groups excluding carboxylic acids is 1. The Hall–Kier alpha value is -1.62. The van der Waals surface area contributed by atoms with Gasteiger partial charge < -0.3 is 15.4 Å². The molecule has 4 nitrogen and oxygen atoms in total. The molecule has 0 aromatic heterocycles. The summed E-state index contributed by atoms with van der Waals surface area (Å²) in [7, 11) is 0. The van der Waals surface area contributed by atoms with E-state index in [2.05, 4.69) is 0 Å². The van der Waals surface area contributed by atoms with Gasteiger partial charge in [0.05, 0.1) is 17.6 Å². The van der Waals surface area contributed by atoms with Gasteiger partial charge >= 0.3 is 0 Å². The summed E-state index contributed by atoms with van der Waals surface area (Å²) in [6.07, 6.45) is 2.70. The molecule has 2 heterocycles. The summed E-state index contributed by atoms with van der Waals surface area (Å²) in [6.45, 7) is 1.43. The van der Waals surface area contributed by atoms with Crippen LogP contribution in [0.4, 0.5) is 0 Å². The van der Waals surface area contributed by atoms with E-state index in [9.17, 15) is 4.79 Å². The van der Waals surface area contributed by atoms with E-state index in [4.69, 9.17) is 22.7 Å². The van der Waals surface area contributed by atoms with Crippen molar-refractivity contribution in [2.45, 2.75) is 25.3 Å².